The summed E-state index contributed by atoms with van der Waals surface area (Å²) in [5.74, 6) is 0. The fourth-order valence-electron chi connectivity index (χ4n) is 3.65. The van der Waals surface area contributed by atoms with E-state index in [1.165, 1.54) is 12.8 Å². The number of hydrogen-bond acceptors (Lipinski definition) is 3. The van der Waals surface area contributed by atoms with E-state index >= 15 is 0 Å². The minimum Gasteiger partial charge on any atom is -0.391 e. The molecule has 2 rings (SSSR count). The van der Waals surface area contributed by atoms with Gasteiger partial charge in [0.2, 0.25) is 0 Å². The quantitative estimate of drug-likeness (QED) is 0.850. The maximum Gasteiger partial charge on any atom is 0.0779 e. The Bertz CT molecular complexity index is 478. The molecule has 1 aliphatic rings. The van der Waals surface area contributed by atoms with E-state index < -0.39 is 0 Å². The summed E-state index contributed by atoms with van der Waals surface area (Å²) in [4.78, 5) is 2.23. The first kappa shape index (κ1) is 17.0. The van der Waals surface area contributed by atoms with E-state index in [-0.39, 0.29) is 11.6 Å². The molecule has 120 valence electrons. The Kier molecular flexibility index (Phi) is 5.49. The summed E-state index contributed by atoms with van der Waals surface area (Å²) in [5.41, 5.74) is 2.15. The number of aliphatic hydroxyl groups excluding tert-OH is 1. The van der Waals surface area contributed by atoms with Gasteiger partial charge in [0.15, 0.2) is 0 Å². The Labute approximate surface area is 136 Å². The highest BCUT2D eigenvalue weighted by Crippen LogP contribution is 2.38. The Hall–Kier alpha value is -0.390. The van der Waals surface area contributed by atoms with Crippen LogP contribution in [-0.2, 0) is 19.4 Å². The second-order valence-corrected chi connectivity index (χ2v) is 7.09. The number of aromatic nitrogens is 2. The highest BCUT2D eigenvalue weighted by Gasteiger charge is 2.43. The smallest absolute Gasteiger partial charge is 0.0779 e. The van der Waals surface area contributed by atoms with Crippen LogP contribution in [0.15, 0.2) is 4.47 Å². The third-order valence-electron chi connectivity index (χ3n) is 5.06. The van der Waals surface area contributed by atoms with E-state index in [4.69, 9.17) is 0 Å². The first-order valence-corrected chi connectivity index (χ1v) is 8.85. The molecule has 0 spiro atoms. The van der Waals surface area contributed by atoms with Gasteiger partial charge in [-0.3, -0.25) is 4.68 Å². The van der Waals surface area contributed by atoms with E-state index in [0.717, 1.165) is 41.7 Å². The standard InChI is InChI=1S/C16H28BrN3O/c1-5-12-15(17)13(20(6-2)18-12)11-14(21)16(19(3)4)9-7-8-10-16/h14,21H,5-11H2,1-4H3. The number of likely N-dealkylation sites (N-methyl/N-ethyl adjacent to an activating group) is 1. The highest BCUT2D eigenvalue weighted by atomic mass is 79.9. The minimum absolute atomic E-state index is 0.0747. The van der Waals surface area contributed by atoms with Crippen molar-refractivity contribution in [2.24, 2.45) is 0 Å². The molecule has 0 radical (unpaired) electrons. The number of hydrogen-bond donors (Lipinski definition) is 1. The molecule has 1 aliphatic carbocycles. The van der Waals surface area contributed by atoms with Crippen LogP contribution < -0.4 is 0 Å². The van der Waals surface area contributed by atoms with Gasteiger partial charge in [-0.1, -0.05) is 19.8 Å². The largest absolute Gasteiger partial charge is 0.391 e. The van der Waals surface area contributed by atoms with Gasteiger partial charge >= 0.3 is 0 Å². The molecule has 0 amide bonds. The summed E-state index contributed by atoms with van der Waals surface area (Å²) in [7, 11) is 4.19. The lowest BCUT2D eigenvalue weighted by Gasteiger charge is -2.40. The summed E-state index contributed by atoms with van der Waals surface area (Å²) in [6.07, 6.45) is 5.82. The van der Waals surface area contributed by atoms with Crippen molar-refractivity contribution >= 4 is 15.9 Å². The molecule has 0 aromatic carbocycles. The average Bonchev–Trinajstić information content (AvgIpc) is 3.06. The average molecular weight is 358 g/mol. The second kappa shape index (κ2) is 6.80. The van der Waals surface area contributed by atoms with Crippen molar-refractivity contribution in [3.8, 4) is 0 Å². The lowest BCUT2D eigenvalue weighted by Crippen LogP contribution is -2.52. The maximum atomic E-state index is 10.9. The van der Waals surface area contributed by atoms with Gasteiger partial charge in [-0.05, 0) is 56.2 Å². The van der Waals surface area contributed by atoms with Gasteiger partial charge < -0.3 is 10.0 Å². The third-order valence-corrected chi connectivity index (χ3v) is 5.98. The van der Waals surface area contributed by atoms with E-state index in [1.54, 1.807) is 0 Å². The SMILES string of the molecule is CCc1nn(CC)c(CC(O)C2(N(C)C)CCCC2)c1Br. The summed E-state index contributed by atoms with van der Waals surface area (Å²) >= 11 is 3.69. The minimum atomic E-state index is -0.349. The van der Waals surface area contributed by atoms with Crippen LogP contribution in [0.2, 0.25) is 0 Å². The van der Waals surface area contributed by atoms with Crippen LogP contribution in [0.5, 0.6) is 0 Å². The molecule has 0 bridgehead atoms. The highest BCUT2D eigenvalue weighted by molar-refractivity contribution is 9.10. The molecular formula is C16H28BrN3O. The molecule has 1 N–H and O–H groups in total. The van der Waals surface area contributed by atoms with Crippen LogP contribution in [0.3, 0.4) is 0 Å². The van der Waals surface area contributed by atoms with Crippen LogP contribution in [-0.4, -0.2) is 45.5 Å². The molecule has 0 saturated heterocycles. The fraction of sp³-hybridized carbons (Fsp3) is 0.812. The molecule has 1 aromatic heterocycles. The summed E-state index contributed by atoms with van der Waals surface area (Å²) < 4.78 is 3.11. The third kappa shape index (κ3) is 3.06. The monoisotopic (exact) mass is 357 g/mol. The molecule has 5 heteroatoms. The van der Waals surface area contributed by atoms with Gasteiger partial charge in [-0.2, -0.15) is 5.10 Å². The molecule has 1 heterocycles. The maximum absolute atomic E-state index is 10.9. The number of rotatable bonds is 6. The molecule has 1 fully saturated rings. The van der Waals surface area contributed by atoms with Gasteiger partial charge in [-0.25, -0.2) is 0 Å². The zero-order valence-corrected chi connectivity index (χ0v) is 15.3. The zero-order chi connectivity index (χ0) is 15.6. The Morgan fingerprint density at radius 3 is 2.43 bits per heavy atom. The molecule has 1 atom stereocenters. The number of nitrogens with zero attached hydrogens (tertiary/aromatic N) is 3. The first-order valence-electron chi connectivity index (χ1n) is 8.05. The van der Waals surface area contributed by atoms with Gasteiger partial charge in [0.05, 0.1) is 22.0 Å². The molecule has 4 nitrogen and oxygen atoms in total. The van der Waals surface area contributed by atoms with E-state index in [2.05, 4.69) is 53.9 Å². The van der Waals surface area contributed by atoms with Crippen molar-refractivity contribution in [1.29, 1.82) is 0 Å². The van der Waals surface area contributed by atoms with Gasteiger partial charge in [0, 0.05) is 18.5 Å². The fourth-order valence-corrected chi connectivity index (χ4v) is 4.38. The van der Waals surface area contributed by atoms with Crippen molar-refractivity contribution < 1.29 is 5.11 Å². The normalized spacial score (nSPS) is 19.4. The van der Waals surface area contributed by atoms with Crippen molar-refractivity contribution in [1.82, 2.24) is 14.7 Å². The Morgan fingerprint density at radius 2 is 1.95 bits per heavy atom. The predicted molar refractivity (Wildman–Crippen MR) is 89.6 cm³/mol. The van der Waals surface area contributed by atoms with Crippen molar-refractivity contribution in [3.63, 3.8) is 0 Å². The molecule has 1 unspecified atom stereocenters. The van der Waals surface area contributed by atoms with E-state index in [0.29, 0.717) is 6.42 Å². The summed E-state index contributed by atoms with van der Waals surface area (Å²) in [6, 6.07) is 0. The van der Waals surface area contributed by atoms with Crippen LogP contribution in [0.1, 0.15) is 50.9 Å². The topological polar surface area (TPSA) is 41.3 Å². The lowest BCUT2D eigenvalue weighted by atomic mass is 9.86. The summed E-state index contributed by atoms with van der Waals surface area (Å²) in [6.45, 7) is 5.06. The molecule has 0 aliphatic heterocycles. The van der Waals surface area contributed by atoms with Gasteiger partial charge in [0.25, 0.3) is 0 Å². The first-order chi connectivity index (χ1) is 9.96. The Morgan fingerprint density at radius 1 is 1.33 bits per heavy atom. The van der Waals surface area contributed by atoms with Crippen LogP contribution in [0.25, 0.3) is 0 Å². The number of aliphatic hydroxyl groups is 1. The van der Waals surface area contributed by atoms with Crippen LogP contribution in [0.4, 0.5) is 0 Å². The molecule has 21 heavy (non-hydrogen) atoms. The Balaban J connectivity index is 2.26. The predicted octanol–water partition coefficient (Wildman–Crippen LogP) is 3.01. The van der Waals surface area contributed by atoms with Crippen LogP contribution >= 0.6 is 15.9 Å². The van der Waals surface area contributed by atoms with Gasteiger partial charge in [0.1, 0.15) is 0 Å². The number of halogens is 1. The number of aryl methyl sites for hydroxylation is 2. The van der Waals surface area contributed by atoms with Gasteiger partial charge in [-0.15, -0.1) is 0 Å². The molecule has 1 aromatic rings. The van der Waals surface area contributed by atoms with E-state index in [1.807, 2.05) is 4.68 Å². The zero-order valence-electron chi connectivity index (χ0n) is 13.7. The lowest BCUT2D eigenvalue weighted by molar-refractivity contribution is -0.00366. The second-order valence-electron chi connectivity index (χ2n) is 6.30. The van der Waals surface area contributed by atoms with E-state index in [9.17, 15) is 5.11 Å². The molecule has 1 saturated carbocycles. The molecular weight excluding hydrogens is 330 g/mol. The van der Waals surface area contributed by atoms with Crippen molar-refractivity contribution in [2.45, 2.75) is 70.6 Å². The van der Waals surface area contributed by atoms with Crippen LogP contribution in [0, 0.1) is 0 Å². The summed E-state index contributed by atoms with van der Waals surface area (Å²) in [5, 5.41) is 15.6. The van der Waals surface area contributed by atoms with Crippen molar-refractivity contribution in [2.75, 3.05) is 14.1 Å². The van der Waals surface area contributed by atoms with Crippen molar-refractivity contribution in [3.05, 3.63) is 15.9 Å².